The Kier molecular flexibility index (Phi) is 7.58. The summed E-state index contributed by atoms with van der Waals surface area (Å²) >= 11 is 0. The SMILES string of the molecule is CCNC(=NCc1ccnc(N(C)C)c1)NCCC(C)C. The number of hydrogen-bond donors (Lipinski definition) is 2. The largest absolute Gasteiger partial charge is 0.363 e. The van der Waals surface area contributed by atoms with Gasteiger partial charge in [0.2, 0.25) is 0 Å². The molecule has 118 valence electrons. The first-order valence-electron chi connectivity index (χ1n) is 7.67. The van der Waals surface area contributed by atoms with Gasteiger partial charge in [0.25, 0.3) is 0 Å². The molecule has 0 aliphatic rings. The van der Waals surface area contributed by atoms with Crippen LogP contribution >= 0.6 is 0 Å². The highest BCUT2D eigenvalue weighted by Crippen LogP contribution is 2.10. The molecule has 0 amide bonds. The van der Waals surface area contributed by atoms with Gasteiger partial charge < -0.3 is 15.5 Å². The van der Waals surface area contributed by atoms with Crippen LogP contribution in [0.5, 0.6) is 0 Å². The summed E-state index contributed by atoms with van der Waals surface area (Å²) in [5, 5.41) is 6.65. The summed E-state index contributed by atoms with van der Waals surface area (Å²) in [6.07, 6.45) is 2.98. The van der Waals surface area contributed by atoms with Crippen molar-refractivity contribution in [3.05, 3.63) is 23.9 Å². The molecule has 0 unspecified atom stereocenters. The molecule has 0 saturated carbocycles. The maximum Gasteiger partial charge on any atom is 0.191 e. The molecule has 0 bridgehead atoms. The standard InChI is InChI=1S/C16H29N5/c1-6-17-16(19-9-7-13(2)3)20-12-14-8-10-18-15(11-14)21(4)5/h8,10-11,13H,6-7,9,12H2,1-5H3,(H2,17,19,20). The first-order valence-corrected chi connectivity index (χ1v) is 7.67. The van der Waals surface area contributed by atoms with Crippen LogP contribution < -0.4 is 15.5 Å². The number of hydrogen-bond acceptors (Lipinski definition) is 3. The van der Waals surface area contributed by atoms with Crippen molar-refractivity contribution in [1.82, 2.24) is 15.6 Å². The average Bonchev–Trinajstić information content (AvgIpc) is 2.44. The molecule has 5 heteroatoms. The van der Waals surface area contributed by atoms with Crippen LogP contribution in [0.1, 0.15) is 32.8 Å². The zero-order chi connectivity index (χ0) is 15.7. The second-order valence-corrected chi connectivity index (χ2v) is 5.72. The fourth-order valence-electron chi connectivity index (χ4n) is 1.79. The third-order valence-corrected chi connectivity index (χ3v) is 3.05. The Morgan fingerprint density at radius 1 is 1.33 bits per heavy atom. The monoisotopic (exact) mass is 291 g/mol. The van der Waals surface area contributed by atoms with E-state index in [1.165, 1.54) is 0 Å². The Balaban J connectivity index is 2.62. The molecule has 0 spiro atoms. The van der Waals surface area contributed by atoms with Crippen LogP contribution in [0.4, 0.5) is 5.82 Å². The van der Waals surface area contributed by atoms with Crippen molar-refractivity contribution in [2.75, 3.05) is 32.1 Å². The zero-order valence-electron chi connectivity index (χ0n) is 14.0. The highest BCUT2D eigenvalue weighted by Gasteiger charge is 2.01. The van der Waals surface area contributed by atoms with E-state index in [0.29, 0.717) is 12.5 Å². The number of guanidine groups is 1. The van der Waals surface area contributed by atoms with Gasteiger partial charge in [0.05, 0.1) is 6.54 Å². The maximum absolute atomic E-state index is 4.63. The second kappa shape index (κ2) is 9.21. The number of pyridine rings is 1. The summed E-state index contributed by atoms with van der Waals surface area (Å²) < 4.78 is 0. The fourth-order valence-corrected chi connectivity index (χ4v) is 1.79. The molecule has 0 aliphatic heterocycles. The highest BCUT2D eigenvalue weighted by molar-refractivity contribution is 5.79. The number of aliphatic imine (C=N–C) groups is 1. The predicted molar refractivity (Wildman–Crippen MR) is 90.8 cm³/mol. The van der Waals surface area contributed by atoms with E-state index in [4.69, 9.17) is 0 Å². The van der Waals surface area contributed by atoms with Crippen LogP contribution in [-0.4, -0.2) is 38.1 Å². The van der Waals surface area contributed by atoms with Crippen molar-refractivity contribution >= 4 is 11.8 Å². The molecule has 1 aromatic heterocycles. The van der Waals surface area contributed by atoms with Crippen LogP contribution in [0.15, 0.2) is 23.3 Å². The Bertz CT molecular complexity index is 440. The van der Waals surface area contributed by atoms with Crippen LogP contribution in [0.3, 0.4) is 0 Å². The first kappa shape index (κ1) is 17.3. The van der Waals surface area contributed by atoms with Gasteiger partial charge in [-0.3, -0.25) is 0 Å². The van der Waals surface area contributed by atoms with Gasteiger partial charge in [0.15, 0.2) is 5.96 Å². The topological polar surface area (TPSA) is 52.6 Å². The lowest BCUT2D eigenvalue weighted by Crippen LogP contribution is -2.38. The normalized spacial score (nSPS) is 11.6. The fraction of sp³-hybridized carbons (Fsp3) is 0.625. The summed E-state index contributed by atoms with van der Waals surface area (Å²) in [5.74, 6) is 2.53. The van der Waals surface area contributed by atoms with E-state index in [9.17, 15) is 0 Å². The minimum Gasteiger partial charge on any atom is -0.363 e. The third kappa shape index (κ3) is 6.97. The molecule has 5 nitrogen and oxygen atoms in total. The van der Waals surface area contributed by atoms with Gasteiger partial charge in [0, 0.05) is 33.4 Å². The molecule has 0 radical (unpaired) electrons. The summed E-state index contributed by atoms with van der Waals surface area (Å²) in [4.78, 5) is 10.9. The van der Waals surface area contributed by atoms with Crippen molar-refractivity contribution in [3.8, 4) is 0 Å². The van der Waals surface area contributed by atoms with Crippen LogP contribution in [0, 0.1) is 5.92 Å². The molecule has 0 atom stereocenters. The molecule has 1 heterocycles. The van der Waals surface area contributed by atoms with E-state index in [1.807, 2.05) is 31.3 Å². The molecule has 0 aliphatic carbocycles. The number of rotatable bonds is 7. The highest BCUT2D eigenvalue weighted by atomic mass is 15.2. The minimum absolute atomic E-state index is 0.653. The van der Waals surface area contributed by atoms with Crippen molar-refractivity contribution in [2.45, 2.75) is 33.7 Å². The van der Waals surface area contributed by atoms with Crippen LogP contribution in [-0.2, 0) is 6.54 Å². The maximum atomic E-state index is 4.63. The lowest BCUT2D eigenvalue weighted by molar-refractivity contribution is 0.573. The van der Waals surface area contributed by atoms with Gasteiger partial charge in [-0.1, -0.05) is 13.8 Å². The van der Waals surface area contributed by atoms with Crippen molar-refractivity contribution in [1.29, 1.82) is 0 Å². The van der Waals surface area contributed by atoms with E-state index in [1.54, 1.807) is 0 Å². The summed E-state index contributed by atoms with van der Waals surface area (Å²) in [5.41, 5.74) is 1.16. The van der Waals surface area contributed by atoms with E-state index in [-0.39, 0.29) is 0 Å². The molecular formula is C16H29N5. The van der Waals surface area contributed by atoms with Gasteiger partial charge in [0.1, 0.15) is 5.82 Å². The second-order valence-electron chi connectivity index (χ2n) is 5.72. The molecule has 21 heavy (non-hydrogen) atoms. The van der Waals surface area contributed by atoms with E-state index >= 15 is 0 Å². The molecule has 0 saturated heterocycles. The van der Waals surface area contributed by atoms with Gasteiger partial charge in [-0.05, 0) is 37.0 Å². The van der Waals surface area contributed by atoms with Crippen molar-refractivity contribution < 1.29 is 0 Å². The van der Waals surface area contributed by atoms with Crippen LogP contribution in [0.2, 0.25) is 0 Å². The Morgan fingerprint density at radius 2 is 2.10 bits per heavy atom. The average molecular weight is 291 g/mol. The first-order chi connectivity index (χ1) is 10.0. The number of aromatic nitrogens is 1. The molecule has 1 rings (SSSR count). The van der Waals surface area contributed by atoms with E-state index in [2.05, 4.69) is 47.4 Å². The zero-order valence-corrected chi connectivity index (χ0v) is 14.0. The van der Waals surface area contributed by atoms with E-state index < -0.39 is 0 Å². The van der Waals surface area contributed by atoms with Crippen molar-refractivity contribution in [2.24, 2.45) is 10.9 Å². The molecule has 2 N–H and O–H groups in total. The van der Waals surface area contributed by atoms with Crippen molar-refractivity contribution in [3.63, 3.8) is 0 Å². The Labute approximate surface area is 128 Å². The summed E-state index contributed by atoms with van der Waals surface area (Å²) in [6.45, 7) is 9.00. The molecule has 1 aromatic rings. The van der Waals surface area contributed by atoms with E-state index in [0.717, 1.165) is 36.9 Å². The van der Waals surface area contributed by atoms with Gasteiger partial charge in [-0.2, -0.15) is 0 Å². The summed E-state index contributed by atoms with van der Waals surface area (Å²) in [7, 11) is 3.99. The lowest BCUT2D eigenvalue weighted by atomic mass is 10.1. The minimum atomic E-state index is 0.653. The molecule has 0 aromatic carbocycles. The van der Waals surface area contributed by atoms with Crippen LogP contribution in [0.25, 0.3) is 0 Å². The Hall–Kier alpha value is -1.78. The summed E-state index contributed by atoms with van der Waals surface area (Å²) in [6, 6.07) is 4.08. The lowest BCUT2D eigenvalue weighted by Gasteiger charge is -2.13. The smallest absolute Gasteiger partial charge is 0.191 e. The van der Waals surface area contributed by atoms with Gasteiger partial charge >= 0.3 is 0 Å². The third-order valence-electron chi connectivity index (χ3n) is 3.05. The Morgan fingerprint density at radius 3 is 2.71 bits per heavy atom. The van der Waals surface area contributed by atoms with Gasteiger partial charge in [-0.15, -0.1) is 0 Å². The quantitative estimate of drug-likeness (QED) is 0.597. The number of nitrogens with zero attached hydrogens (tertiary/aromatic N) is 3. The number of nitrogens with one attached hydrogen (secondary N) is 2. The van der Waals surface area contributed by atoms with Gasteiger partial charge in [-0.25, -0.2) is 9.98 Å². The molecule has 0 fully saturated rings. The molecular weight excluding hydrogens is 262 g/mol. The number of anilines is 1. The predicted octanol–water partition coefficient (Wildman–Crippen LogP) is 2.25.